The van der Waals surface area contributed by atoms with Crippen molar-refractivity contribution in [3.63, 3.8) is 0 Å². The minimum Gasteiger partial charge on any atom is -0.394 e. The topological polar surface area (TPSA) is 87.7 Å². The van der Waals surface area contributed by atoms with Gasteiger partial charge >= 0.3 is 0 Å². The molecular weight excluding hydrogens is 212 g/mol. The molecule has 0 aromatic carbocycles. The van der Waals surface area contributed by atoms with E-state index in [1.54, 1.807) is 6.92 Å². The lowest BCUT2D eigenvalue weighted by Crippen LogP contribution is -2.41. The van der Waals surface area contributed by atoms with Gasteiger partial charge in [-0.25, -0.2) is 0 Å². The Kier molecular flexibility index (Phi) is 4.70. The van der Waals surface area contributed by atoms with Gasteiger partial charge in [-0.15, -0.1) is 0 Å². The van der Waals surface area contributed by atoms with E-state index in [0.29, 0.717) is 19.7 Å². The monoisotopic (exact) mass is 230 g/mol. The Morgan fingerprint density at radius 1 is 1.62 bits per heavy atom. The highest BCUT2D eigenvalue weighted by Gasteiger charge is 2.40. The quantitative estimate of drug-likeness (QED) is 0.492. The van der Waals surface area contributed by atoms with Gasteiger partial charge in [-0.05, 0) is 6.92 Å². The number of ether oxygens (including phenoxy) is 1. The molecule has 6 nitrogen and oxygen atoms in total. The molecule has 1 unspecified atom stereocenters. The Morgan fingerprint density at radius 2 is 2.38 bits per heavy atom. The highest BCUT2D eigenvalue weighted by atomic mass is 16.5. The molecule has 0 aliphatic carbocycles. The standard InChI is InChI=1S/C10H18N2O4/c1-10(6-8(14)12-7-10)9(15)11-2-4-16-5-3-13/h13H,2-7H2,1H3,(H,11,15)(H,12,14). The molecule has 1 aliphatic rings. The van der Waals surface area contributed by atoms with Crippen LogP contribution < -0.4 is 10.6 Å². The van der Waals surface area contributed by atoms with Gasteiger partial charge in [0.25, 0.3) is 0 Å². The van der Waals surface area contributed by atoms with Gasteiger partial charge in [0.15, 0.2) is 0 Å². The summed E-state index contributed by atoms with van der Waals surface area (Å²) in [4.78, 5) is 22.8. The summed E-state index contributed by atoms with van der Waals surface area (Å²) in [6, 6.07) is 0. The van der Waals surface area contributed by atoms with Crippen molar-refractivity contribution in [1.82, 2.24) is 10.6 Å². The second kappa shape index (κ2) is 5.81. The molecule has 1 saturated heterocycles. The Morgan fingerprint density at radius 3 is 2.94 bits per heavy atom. The third-order valence-electron chi connectivity index (χ3n) is 2.54. The van der Waals surface area contributed by atoms with Gasteiger partial charge in [0.1, 0.15) is 0 Å². The molecule has 1 aliphatic heterocycles. The molecule has 0 bridgehead atoms. The maximum Gasteiger partial charge on any atom is 0.228 e. The number of carbonyl (C=O) groups is 2. The SMILES string of the molecule is CC1(C(=O)NCCOCCO)CNC(=O)C1. The predicted octanol–water partition coefficient (Wildman–Crippen LogP) is -1.36. The third kappa shape index (κ3) is 3.46. The smallest absolute Gasteiger partial charge is 0.228 e. The van der Waals surface area contributed by atoms with E-state index >= 15 is 0 Å². The number of nitrogens with one attached hydrogen (secondary N) is 2. The van der Waals surface area contributed by atoms with Crippen molar-refractivity contribution in [1.29, 1.82) is 0 Å². The van der Waals surface area contributed by atoms with E-state index in [9.17, 15) is 9.59 Å². The van der Waals surface area contributed by atoms with E-state index < -0.39 is 5.41 Å². The molecular formula is C10H18N2O4. The van der Waals surface area contributed by atoms with E-state index in [0.717, 1.165) is 0 Å². The summed E-state index contributed by atoms with van der Waals surface area (Å²) in [5.41, 5.74) is -0.645. The second-order valence-electron chi connectivity index (χ2n) is 4.11. The Balaban J connectivity index is 2.22. The van der Waals surface area contributed by atoms with Crippen LogP contribution in [-0.4, -0.2) is 49.8 Å². The zero-order valence-corrected chi connectivity index (χ0v) is 9.41. The fraction of sp³-hybridized carbons (Fsp3) is 0.800. The summed E-state index contributed by atoms with van der Waals surface area (Å²) in [6.45, 7) is 3.15. The van der Waals surface area contributed by atoms with Crippen LogP contribution in [0.4, 0.5) is 0 Å². The molecule has 1 rings (SSSR count). The fourth-order valence-electron chi connectivity index (χ4n) is 1.55. The first-order valence-electron chi connectivity index (χ1n) is 5.32. The normalized spacial score (nSPS) is 24.2. The molecule has 0 radical (unpaired) electrons. The van der Waals surface area contributed by atoms with Crippen molar-refractivity contribution >= 4 is 11.8 Å². The number of hydrogen-bond acceptors (Lipinski definition) is 4. The van der Waals surface area contributed by atoms with Gasteiger partial charge in [-0.2, -0.15) is 0 Å². The van der Waals surface area contributed by atoms with E-state index in [1.165, 1.54) is 0 Å². The first kappa shape index (κ1) is 12.9. The maximum absolute atomic E-state index is 11.7. The summed E-state index contributed by atoms with van der Waals surface area (Å²) in [5, 5.41) is 13.8. The molecule has 92 valence electrons. The zero-order chi connectivity index (χ0) is 12.0. The Bertz CT molecular complexity index is 270. The molecule has 6 heteroatoms. The van der Waals surface area contributed by atoms with E-state index in [1.807, 2.05) is 0 Å². The number of hydrogen-bond donors (Lipinski definition) is 3. The molecule has 0 spiro atoms. The lowest BCUT2D eigenvalue weighted by atomic mass is 9.88. The summed E-state index contributed by atoms with van der Waals surface area (Å²) in [7, 11) is 0. The lowest BCUT2D eigenvalue weighted by molar-refractivity contribution is -0.131. The summed E-state index contributed by atoms with van der Waals surface area (Å²) in [6.07, 6.45) is 0.232. The summed E-state index contributed by atoms with van der Waals surface area (Å²) in [5.74, 6) is -0.229. The average Bonchev–Trinajstić information content (AvgIpc) is 2.59. The summed E-state index contributed by atoms with van der Waals surface area (Å²) < 4.78 is 5.00. The van der Waals surface area contributed by atoms with Gasteiger partial charge in [-0.3, -0.25) is 9.59 Å². The molecule has 0 saturated carbocycles. The molecule has 0 aromatic heterocycles. The largest absolute Gasteiger partial charge is 0.394 e. The fourth-order valence-corrected chi connectivity index (χ4v) is 1.55. The van der Waals surface area contributed by atoms with Crippen molar-refractivity contribution < 1.29 is 19.4 Å². The second-order valence-corrected chi connectivity index (χ2v) is 4.11. The van der Waals surface area contributed by atoms with E-state index in [2.05, 4.69) is 10.6 Å². The van der Waals surface area contributed by atoms with Crippen molar-refractivity contribution in [3.8, 4) is 0 Å². The van der Waals surface area contributed by atoms with Gasteiger partial charge in [-0.1, -0.05) is 0 Å². The highest BCUT2D eigenvalue weighted by molar-refractivity contribution is 5.92. The van der Waals surface area contributed by atoms with Crippen LogP contribution in [0.2, 0.25) is 0 Å². The van der Waals surface area contributed by atoms with Crippen molar-refractivity contribution in [2.45, 2.75) is 13.3 Å². The van der Waals surface area contributed by atoms with Crippen molar-refractivity contribution in [3.05, 3.63) is 0 Å². The first-order valence-corrected chi connectivity index (χ1v) is 5.32. The van der Waals surface area contributed by atoms with Crippen LogP contribution in [0.15, 0.2) is 0 Å². The van der Waals surface area contributed by atoms with Crippen molar-refractivity contribution in [2.24, 2.45) is 5.41 Å². The molecule has 3 N–H and O–H groups in total. The Labute approximate surface area is 94.3 Å². The highest BCUT2D eigenvalue weighted by Crippen LogP contribution is 2.25. The van der Waals surface area contributed by atoms with Crippen LogP contribution >= 0.6 is 0 Å². The van der Waals surface area contributed by atoms with Crippen LogP contribution in [0.25, 0.3) is 0 Å². The molecule has 1 heterocycles. The van der Waals surface area contributed by atoms with Crippen LogP contribution in [0.1, 0.15) is 13.3 Å². The number of carbonyl (C=O) groups excluding carboxylic acids is 2. The van der Waals surface area contributed by atoms with Gasteiger partial charge in [0, 0.05) is 19.5 Å². The number of amides is 2. The third-order valence-corrected chi connectivity index (χ3v) is 2.54. The number of aliphatic hydroxyl groups is 1. The molecule has 2 amide bonds. The van der Waals surface area contributed by atoms with Crippen molar-refractivity contribution in [2.75, 3.05) is 32.9 Å². The van der Waals surface area contributed by atoms with Gasteiger partial charge in [0.2, 0.25) is 11.8 Å². The van der Waals surface area contributed by atoms with Gasteiger partial charge < -0.3 is 20.5 Å². The van der Waals surface area contributed by atoms with Crippen LogP contribution in [0.5, 0.6) is 0 Å². The molecule has 1 fully saturated rings. The molecule has 0 aromatic rings. The maximum atomic E-state index is 11.7. The Hall–Kier alpha value is -1.14. The van der Waals surface area contributed by atoms with E-state index in [4.69, 9.17) is 9.84 Å². The lowest BCUT2D eigenvalue weighted by Gasteiger charge is -2.20. The van der Waals surface area contributed by atoms with Crippen LogP contribution in [0, 0.1) is 5.41 Å². The molecule has 1 atom stereocenters. The first-order chi connectivity index (χ1) is 7.58. The predicted molar refractivity (Wildman–Crippen MR) is 56.6 cm³/mol. The number of rotatable bonds is 6. The molecule has 16 heavy (non-hydrogen) atoms. The average molecular weight is 230 g/mol. The van der Waals surface area contributed by atoms with E-state index in [-0.39, 0.29) is 31.4 Å². The van der Waals surface area contributed by atoms with Crippen LogP contribution in [-0.2, 0) is 14.3 Å². The van der Waals surface area contributed by atoms with Crippen LogP contribution in [0.3, 0.4) is 0 Å². The zero-order valence-electron chi connectivity index (χ0n) is 9.41. The minimum absolute atomic E-state index is 0.0237. The minimum atomic E-state index is -0.645. The van der Waals surface area contributed by atoms with Gasteiger partial charge in [0.05, 0.1) is 25.2 Å². The summed E-state index contributed by atoms with van der Waals surface area (Å²) >= 11 is 0. The number of aliphatic hydroxyl groups excluding tert-OH is 1.